The number of anilines is 1. The highest BCUT2D eigenvalue weighted by Crippen LogP contribution is 2.36. The van der Waals surface area contributed by atoms with E-state index in [2.05, 4.69) is 14.9 Å². The summed E-state index contributed by atoms with van der Waals surface area (Å²) in [5.74, 6) is 1.07. The zero-order valence-corrected chi connectivity index (χ0v) is 16.5. The number of fused-ring (bicyclic) bond motifs is 3. The van der Waals surface area contributed by atoms with Crippen molar-refractivity contribution in [2.24, 2.45) is 0 Å². The molecule has 1 aliphatic heterocycles. The number of aromatic hydroxyl groups is 1. The Kier molecular flexibility index (Phi) is 3.91. The van der Waals surface area contributed by atoms with Crippen LogP contribution in [0.3, 0.4) is 0 Å². The number of imidazole rings is 1. The quantitative estimate of drug-likeness (QED) is 0.523. The minimum Gasteiger partial charge on any atom is -0.508 e. The first kappa shape index (κ1) is 17.6. The second-order valence-electron chi connectivity index (χ2n) is 7.88. The van der Waals surface area contributed by atoms with Gasteiger partial charge >= 0.3 is 11.5 Å². The van der Waals surface area contributed by atoms with Crippen LogP contribution in [0.15, 0.2) is 29.1 Å². The van der Waals surface area contributed by atoms with Crippen molar-refractivity contribution in [1.82, 2.24) is 14.1 Å². The molecule has 3 heterocycles. The predicted octanol–water partition coefficient (Wildman–Crippen LogP) is 2.65. The Morgan fingerprint density at radius 1 is 1.25 bits per heavy atom. The molecule has 0 atom stereocenters. The van der Waals surface area contributed by atoms with Gasteiger partial charge in [0.05, 0.1) is 19.6 Å². The van der Waals surface area contributed by atoms with Crippen LogP contribution >= 0.6 is 11.6 Å². The third-order valence-corrected chi connectivity index (χ3v) is 6.39. The molecule has 146 valence electrons. The van der Waals surface area contributed by atoms with Gasteiger partial charge in [0.25, 0.3) is 0 Å². The van der Waals surface area contributed by atoms with E-state index in [-0.39, 0.29) is 16.8 Å². The maximum Gasteiger partial charge on any atom is 0.327 e. The van der Waals surface area contributed by atoms with E-state index in [1.165, 1.54) is 12.8 Å². The van der Waals surface area contributed by atoms with Gasteiger partial charge in [-0.2, -0.15) is 4.98 Å². The van der Waals surface area contributed by atoms with Crippen molar-refractivity contribution in [3.05, 3.63) is 45.5 Å². The SMILES string of the molecule is CCn1c2[n+](c3c(nc(Cl)n3Cc3ccc(O)cc3)c1=O)CC1(CCCC1)N2. The van der Waals surface area contributed by atoms with E-state index in [0.29, 0.717) is 23.9 Å². The summed E-state index contributed by atoms with van der Waals surface area (Å²) in [5.41, 5.74) is 2.06. The standard InChI is InChI=1S/C20H22ClN5O2/c1-2-24-17(28)15-16(26-12-20(23-19(24)26)9-3-4-10-20)25(18(21)22-15)11-13-5-7-14(27)8-6-13/h5-8,27H,2-4,9-12H2,1H3/p+1. The Labute approximate surface area is 167 Å². The molecule has 2 N–H and O–H groups in total. The van der Waals surface area contributed by atoms with Gasteiger partial charge < -0.3 is 5.11 Å². The molecule has 1 aliphatic carbocycles. The lowest BCUT2D eigenvalue weighted by molar-refractivity contribution is -0.657. The van der Waals surface area contributed by atoms with Crippen LogP contribution in [0.25, 0.3) is 11.2 Å². The van der Waals surface area contributed by atoms with Gasteiger partial charge in [0.15, 0.2) is 0 Å². The molecule has 8 heteroatoms. The van der Waals surface area contributed by atoms with E-state index < -0.39 is 0 Å². The highest BCUT2D eigenvalue weighted by atomic mass is 35.5. The van der Waals surface area contributed by atoms with Crippen molar-refractivity contribution in [3.63, 3.8) is 0 Å². The molecular weight excluding hydrogens is 378 g/mol. The van der Waals surface area contributed by atoms with Gasteiger partial charge in [-0.05, 0) is 61.9 Å². The lowest BCUT2D eigenvalue weighted by Gasteiger charge is -2.18. The third kappa shape index (κ3) is 2.53. The van der Waals surface area contributed by atoms with Gasteiger partial charge in [-0.25, -0.2) is 13.7 Å². The average Bonchev–Trinajstić information content (AvgIpc) is 3.37. The minimum absolute atomic E-state index is 0.0186. The average molecular weight is 401 g/mol. The molecule has 1 fully saturated rings. The van der Waals surface area contributed by atoms with Crippen molar-refractivity contribution < 1.29 is 9.67 Å². The lowest BCUT2D eigenvalue weighted by atomic mass is 9.99. The maximum atomic E-state index is 13.1. The number of nitrogens with zero attached hydrogens (tertiary/aromatic N) is 4. The normalized spacial score (nSPS) is 17.4. The van der Waals surface area contributed by atoms with Crippen LogP contribution in [0.5, 0.6) is 5.75 Å². The number of phenolic OH excluding ortho intramolecular Hbond substituents is 1. The molecule has 0 saturated heterocycles. The summed E-state index contributed by atoms with van der Waals surface area (Å²) >= 11 is 6.49. The number of hydrogen-bond acceptors (Lipinski definition) is 4. The van der Waals surface area contributed by atoms with Gasteiger partial charge in [-0.1, -0.05) is 12.1 Å². The van der Waals surface area contributed by atoms with E-state index in [0.717, 1.165) is 36.5 Å². The summed E-state index contributed by atoms with van der Waals surface area (Å²) in [6, 6.07) is 7.01. The number of nitrogens with one attached hydrogen (secondary N) is 1. The van der Waals surface area contributed by atoms with Gasteiger partial charge in [-0.15, -0.1) is 0 Å². The van der Waals surface area contributed by atoms with Crippen molar-refractivity contribution in [2.45, 2.75) is 57.8 Å². The predicted molar refractivity (Wildman–Crippen MR) is 107 cm³/mol. The van der Waals surface area contributed by atoms with Crippen LogP contribution in [0.4, 0.5) is 5.95 Å². The Bertz CT molecular complexity index is 1130. The molecule has 1 aromatic carbocycles. The highest BCUT2D eigenvalue weighted by molar-refractivity contribution is 6.29. The summed E-state index contributed by atoms with van der Waals surface area (Å²) in [4.78, 5) is 17.6. The van der Waals surface area contributed by atoms with Gasteiger partial charge in [-0.3, -0.25) is 10.1 Å². The molecule has 5 rings (SSSR count). The summed E-state index contributed by atoms with van der Waals surface area (Å²) < 4.78 is 5.85. The highest BCUT2D eigenvalue weighted by Gasteiger charge is 2.46. The summed E-state index contributed by atoms with van der Waals surface area (Å²) in [6.45, 7) is 3.86. The first-order chi connectivity index (χ1) is 13.5. The Balaban J connectivity index is 1.72. The van der Waals surface area contributed by atoms with Crippen molar-refractivity contribution in [3.8, 4) is 5.75 Å². The number of halogens is 1. The fourth-order valence-corrected chi connectivity index (χ4v) is 4.95. The largest absolute Gasteiger partial charge is 0.508 e. The van der Waals surface area contributed by atoms with Gasteiger partial charge in [0.1, 0.15) is 11.3 Å². The monoisotopic (exact) mass is 400 g/mol. The molecule has 2 aliphatic rings. The van der Waals surface area contributed by atoms with Crippen LogP contribution in [0, 0.1) is 0 Å². The van der Waals surface area contributed by atoms with Crippen LogP contribution in [0.1, 0.15) is 38.2 Å². The molecule has 2 aromatic heterocycles. The molecule has 0 amide bonds. The smallest absolute Gasteiger partial charge is 0.327 e. The number of benzene rings is 1. The topological polar surface area (TPSA) is 76.0 Å². The number of rotatable bonds is 3. The van der Waals surface area contributed by atoms with E-state index >= 15 is 0 Å². The van der Waals surface area contributed by atoms with Crippen molar-refractivity contribution in [2.75, 3.05) is 5.32 Å². The first-order valence-electron chi connectivity index (χ1n) is 9.80. The third-order valence-electron chi connectivity index (χ3n) is 6.10. The summed E-state index contributed by atoms with van der Waals surface area (Å²) in [6.07, 6.45) is 4.62. The van der Waals surface area contributed by atoms with Gasteiger partial charge in [0.2, 0.25) is 16.4 Å². The first-order valence-corrected chi connectivity index (χ1v) is 10.2. The molecule has 0 bridgehead atoms. The van der Waals surface area contributed by atoms with Crippen LogP contribution in [-0.2, 0) is 19.6 Å². The zero-order chi connectivity index (χ0) is 19.5. The van der Waals surface area contributed by atoms with Crippen LogP contribution < -0.4 is 15.4 Å². The second kappa shape index (κ2) is 6.24. The molecular formula is C20H23ClN5O2+. The molecule has 0 radical (unpaired) electrons. The fourth-order valence-electron chi connectivity index (χ4n) is 4.72. The summed E-state index contributed by atoms with van der Waals surface area (Å²) in [5, 5.41) is 13.5. The molecule has 7 nitrogen and oxygen atoms in total. The molecule has 3 aromatic rings. The Hall–Kier alpha value is -2.54. The van der Waals surface area contributed by atoms with E-state index in [1.54, 1.807) is 16.7 Å². The number of aromatic nitrogens is 4. The molecule has 1 spiro atoms. The van der Waals surface area contributed by atoms with Crippen LogP contribution in [0.2, 0.25) is 5.28 Å². The van der Waals surface area contributed by atoms with Crippen molar-refractivity contribution in [1.29, 1.82) is 0 Å². The molecule has 1 saturated carbocycles. The van der Waals surface area contributed by atoms with Crippen molar-refractivity contribution >= 4 is 28.7 Å². The number of hydrogen-bond donors (Lipinski definition) is 2. The molecule has 0 unspecified atom stereocenters. The maximum absolute atomic E-state index is 13.1. The van der Waals surface area contributed by atoms with E-state index in [4.69, 9.17) is 11.6 Å². The van der Waals surface area contributed by atoms with Gasteiger partial charge in [0, 0.05) is 0 Å². The Morgan fingerprint density at radius 3 is 2.64 bits per heavy atom. The Morgan fingerprint density at radius 2 is 1.96 bits per heavy atom. The zero-order valence-electron chi connectivity index (χ0n) is 15.8. The number of phenols is 1. The van der Waals surface area contributed by atoms with E-state index in [9.17, 15) is 9.90 Å². The van der Waals surface area contributed by atoms with E-state index in [1.807, 2.05) is 23.6 Å². The second-order valence-corrected chi connectivity index (χ2v) is 8.22. The lowest BCUT2D eigenvalue weighted by Crippen LogP contribution is -2.43. The molecule has 28 heavy (non-hydrogen) atoms. The van der Waals surface area contributed by atoms with Crippen LogP contribution in [-0.4, -0.2) is 24.8 Å². The fraction of sp³-hybridized carbons (Fsp3) is 0.450. The summed E-state index contributed by atoms with van der Waals surface area (Å²) in [7, 11) is 0. The minimum atomic E-state index is -0.113.